The maximum atomic E-state index is 7.20. The number of thiazole rings is 1. The predicted molar refractivity (Wildman–Crippen MR) is 292 cm³/mol. The number of anilines is 3. The lowest BCUT2D eigenvalue weighted by Gasteiger charge is -2.47. The third-order valence-corrected chi connectivity index (χ3v) is 15.1. The minimum Gasteiger partial charge on any atom is -0.457 e. The Bertz CT molecular complexity index is 3270. The average molecular weight is 922 g/mol. The van der Waals surface area contributed by atoms with Gasteiger partial charge in [0.05, 0.1) is 32.7 Å². The minimum atomic E-state index is -0.847. The number of benzene rings is 7. The Labute approximate surface area is 413 Å². The van der Waals surface area contributed by atoms with Gasteiger partial charge in [-0.3, -0.25) is 4.98 Å². The smallest absolute Gasteiger partial charge is 0.128 e. The van der Waals surface area contributed by atoms with Crippen LogP contribution in [0.1, 0.15) is 118 Å². The lowest BCUT2D eigenvalue weighted by Crippen LogP contribution is -2.39. The molecular formula is C64H63N3OS. The van der Waals surface area contributed by atoms with Gasteiger partial charge in [-0.1, -0.05) is 147 Å². The highest BCUT2D eigenvalue weighted by Crippen LogP contribution is 2.59. The van der Waals surface area contributed by atoms with Gasteiger partial charge in [0.2, 0.25) is 0 Å². The fraction of sp³-hybridized carbons (Fsp3) is 0.250. The van der Waals surface area contributed by atoms with Crippen LogP contribution in [0.5, 0.6) is 11.5 Å². The summed E-state index contributed by atoms with van der Waals surface area (Å²) in [6.07, 6.45) is 1.94. The second-order valence-corrected chi connectivity index (χ2v) is 23.2. The van der Waals surface area contributed by atoms with Gasteiger partial charge < -0.3 is 9.64 Å². The number of rotatable bonds is 7. The van der Waals surface area contributed by atoms with E-state index >= 15 is 0 Å². The van der Waals surface area contributed by atoms with E-state index in [-0.39, 0.29) is 16.2 Å². The number of hydrogen-bond acceptors (Lipinski definition) is 5. The van der Waals surface area contributed by atoms with E-state index in [1.165, 1.54) is 50.1 Å². The van der Waals surface area contributed by atoms with Crippen molar-refractivity contribution < 1.29 is 4.74 Å². The molecule has 5 heteroatoms. The summed E-state index contributed by atoms with van der Waals surface area (Å²) in [6, 6.07) is 58.1. The van der Waals surface area contributed by atoms with Crippen LogP contribution in [-0.2, 0) is 21.7 Å². The van der Waals surface area contributed by atoms with E-state index in [2.05, 4.69) is 240 Å². The molecule has 0 bridgehead atoms. The number of pyridine rings is 1. The van der Waals surface area contributed by atoms with E-state index in [1.807, 2.05) is 12.3 Å². The average Bonchev–Trinajstić information content (AvgIpc) is 3.75. The van der Waals surface area contributed by atoms with Crippen LogP contribution in [-0.4, -0.2) is 9.97 Å². The van der Waals surface area contributed by atoms with Crippen molar-refractivity contribution in [2.24, 2.45) is 0 Å². The van der Waals surface area contributed by atoms with Crippen molar-refractivity contribution in [2.45, 2.75) is 105 Å². The zero-order valence-electron chi connectivity index (χ0n) is 42.2. The lowest BCUT2D eigenvalue weighted by atomic mass is 9.62. The molecule has 7 aromatic carbocycles. The van der Waals surface area contributed by atoms with Crippen LogP contribution in [0, 0.1) is 20.8 Å². The largest absolute Gasteiger partial charge is 0.457 e. The van der Waals surface area contributed by atoms with E-state index in [9.17, 15) is 0 Å². The molecule has 346 valence electrons. The number of ether oxygens (including phenoxy) is 1. The molecule has 0 unspecified atom stereocenters. The molecule has 0 atom stereocenters. The molecule has 0 fully saturated rings. The Balaban J connectivity index is 1.22. The van der Waals surface area contributed by atoms with Crippen molar-refractivity contribution in [3.63, 3.8) is 0 Å². The number of hydrogen-bond donors (Lipinski definition) is 0. The van der Waals surface area contributed by atoms with Crippen LogP contribution in [0.25, 0.3) is 31.9 Å². The van der Waals surface area contributed by atoms with Crippen LogP contribution < -0.4 is 9.64 Å². The Morgan fingerprint density at radius 3 is 1.71 bits per heavy atom. The fourth-order valence-electron chi connectivity index (χ4n) is 10.5. The van der Waals surface area contributed by atoms with Gasteiger partial charge in [0.1, 0.15) is 16.5 Å². The summed E-state index contributed by atoms with van der Waals surface area (Å²) in [6.45, 7) is 27.2. The van der Waals surface area contributed by atoms with Crippen LogP contribution in [0.15, 0.2) is 164 Å². The van der Waals surface area contributed by atoms with Crippen molar-refractivity contribution in [2.75, 3.05) is 4.90 Å². The number of para-hydroxylation sites is 1. The van der Waals surface area contributed by atoms with E-state index in [0.29, 0.717) is 0 Å². The Morgan fingerprint density at radius 2 is 1.12 bits per heavy atom. The SMILES string of the molecule is Cc1cc(C)c(-c2cc(Oc3cccc(C4(c5ccccn5)c5cc(C(C)(C)C)ccc5N(c5ccc(C(C)(C)C)cc5)c5ccc(C(C)(C)C)cc54)c3)cc(-c3nc4ccccc4s3)c2)c(C)c1. The molecule has 0 N–H and O–H groups in total. The van der Waals surface area contributed by atoms with Crippen molar-refractivity contribution in [3.8, 4) is 33.2 Å². The highest BCUT2D eigenvalue weighted by Gasteiger charge is 2.49. The van der Waals surface area contributed by atoms with Crippen molar-refractivity contribution >= 4 is 38.6 Å². The number of fused-ring (bicyclic) bond motifs is 3. The third kappa shape index (κ3) is 8.35. The monoisotopic (exact) mass is 921 g/mol. The van der Waals surface area contributed by atoms with Crippen LogP contribution in [0.4, 0.5) is 17.1 Å². The molecule has 9 aromatic rings. The Kier molecular flexibility index (Phi) is 11.3. The normalized spacial score (nSPS) is 13.6. The van der Waals surface area contributed by atoms with Gasteiger partial charge in [-0.15, -0.1) is 11.3 Å². The topological polar surface area (TPSA) is 38.2 Å². The summed E-state index contributed by atoms with van der Waals surface area (Å²) < 4.78 is 8.36. The summed E-state index contributed by atoms with van der Waals surface area (Å²) in [7, 11) is 0. The zero-order valence-corrected chi connectivity index (χ0v) is 43.1. The second-order valence-electron chi connectivity index (χ2n) is 22.2. The van der Waals surface area contributed by atoms with Gasteiger partial charge in [0.15, 0.2) is 0 Å². The quantitative estimate of drug-likeness (QED) is 0.160. The molecule has 4 nitrogen and oxygen atoms in total. The number of aromatic nitrogens is 2. The molecule has 69 heavy (non-hydrogen) atoms. The van der Waals surface area contributed by atoms with Gasteiger partial charge in [0, 0.05) is 17.4 Å². The first kappa shape index (κ1) is 45.9. The van der Waals surface area contributed by atoms with E-state index in [0.717, 1.165) is 66.2 Å². The van der Waals surface area contributed by atoms with Gasteiger partial charge in [-0.05, 0) is 172 Å². The van der Waals surface area contributed by atoms with Crippen LogP contribution in [0.3, 0.4) is 0 Å². The van der Waals surface area contributed by atoms with Gasteiger partial charge in [-0.25, -0.2) is 4.98 Å². The Hall–Kier alpha value is -6.82. The maximum Gasteiger partial charge on any atom is 0.128 e. The van der Waals surface area contributed by atoms with Crippen molar-refractivity contribution in [1.29, 1.82) is 0 Å². The zero-order chi connectivity index (χ0) is 48.6. The van der Waals surface area contributed by atoms with Crippen LogP contribution in [0.2, 0.25) is 0 Å². The fourth-order valence-corrected chi connectivity index (χ4v) is 11.4. The number of aryl methyl sites for hydroxylation is 3. The molecule has 10 rings (SSSR count). The molecule has 0 spiro atoms. The van der Waals surface area contributed by atoms with Gasteiger partial charge in [0.25, 0.3) is 0 Å². The first-order valence-electron chi connectivity index (χ1n) is 24.3. The van der Waals surface area contributed by atoms with E-state index in [1.54, 1.807) is 11.3 Å². The molecule has 3 heterocycles. The molecule has 1 aliphatic rings. The van der Waals surface area contributed by atoms with E-state index in [4.69, 9.17) is 14.7 Å². The van der Waals surface area contributed by atoms with E-state index < -0.39 is 5.41 Å². The molecule has 0 radical (unpaired) electrons. The second kappa shape index (κ2) is 17.0. The number of nitrogens with zero attached hydrogens (tertiary/aromatic N) is 3. The molecule has 2 aromatic heterocycles. The minimum absolute atomic E-state index is 0.0254. The predicted octanol–water partition coefficient (Wildman–Crippen LogP) is 17.8. The van der Waals surface area contributed by atoms with Gasteiger partial charge in [-0.2, -0.15) is 0 Å². The summed E-state index contributed by atoms with van der Waals surface area (Å²) in [5.41, 5.74) is 18.6. The lowest BCUT2D eigenvalue weighted by molar-refractivity contribution is 0.481. The van der Waals surface area contributed by atoms with Crippen molar-refractivity contribution in [3.05, 3.63) is 220 Å². The molecular weight excluding hydrogens is 859 g/mol. The summed E-state index contributed by atoms with van der Waals surface area (Å²) in [4.78, 5) is 13.0. The molecule has 0 aliphatic carbocycles. The molecule has 1 aliphatic heterocycles. The summed E-state index contributed by atoms with van der Waals surface area (Å²) >= 11 is 1.71. The first-order valence-corrected chi connectivity index (χ1v) is 25.1. The molecule has 0 amide bonds. The molecule has 0 saturated heterocycles. The highest BCUT2D eigenvalue weighted by molar-refractivity contribution is 7.21. The van der Waals surface area contributed by atoms with Gasteiger partial charge >= 0.3 is 0 Å². The maximum absolute atomic E-state index is 7.20. The molecule has 0 saturated carbocycles. The van der Waals surface area contributed by atoms with Crippen molar-refractivity contribution in [1.82, 2.24) is 9.97 Å². The summed E-state index contributed by atoms with van der Waals surface area (Å²) in [5, 5.41) is 0.963. The van der Waals surface area contributed by atoms with Crippen LogP contribution >= 0.6 is 11.3 Å². The summed E-state index contributed by atoms with van der Waals surface area (Å²) in [5.74, 6) is 1.50. The third-order valence-electron chi connectivity index (χ3n) is 14.0. The Morgan fingerprint density at radius 1 is 0.522 bits per heavy atom. The first-order chi connectivity index (χ1) is 32.8. The highest BCUT2D eigenvalue weighted by atomic mass is 32.1. The standard InChI is InChI=1S/C64H63N3OS/c1-40-32-41(2)59(42(3)33-40)43-34-44(60-66-54-20-13-14-21-57(54)69-60)36-51(35-43)68-50-19-17-18-48(37-50)64(58-22-15-16-31-65-58)52-38-46(62(7,8)9)25-29-55(52)67(49-27-23-45(24-28-49)61(4,5)6)56-30-26-47(39-53(56)64)63(10,11)12/h13-39H,1-12H3.